The Bertz CT molecular complexity index is 149. The highest BCUT2D eigenvalue weighted by atomic mass is 14.0. The minimum Gasteiger partial charge on any atom is -0.0996 e. The van der Waals surface area contributed by atoms with Crippen LogP contribution in [0.15, 0.2) is 23.8 Å². The van der Waals surface area contributed by atoms with Gasteiger partial charge in [-0.25, -0.2) is 0 Å². The molecule has 0 aliphatic carbocycles. The predicted octanol–water partition coefficient (Wildman–Crippen LogP) is 3.95. The maximum Gasteiger partial charge on any atom is -0.0139 e. The standard InChI is InChI=1S/C11H20/c1-6-10(4)7-8-11(5)9(2)3/h8-9H,4,6-7H2,1-3,5H3/b11-8-. The molecule has 0 heteroatoms. The van der Waals surface area contributed by atoms with E-state index in [1.54, 1.807) is 0 Å². The molecule has 0 aliphatic rings. The van der Waals surface area contributed by atoms with Gasteiger partial charge in [-0.1, -0.05) is 44.6 Å². The highest BCUT2D eigenvalue weighted by Gasteiger charge is 1.95. The SMILES string of the molecule is C=C(CC)C/C=C(/C)C(C)C. The molecule has 0 nitrogen and oxygen atoms in total. The molecule has 0 amide bonds. The predicted molar refractivity (Wildman–Crippen MR) is 52.6 cm³/mol. The molecule has 11 heavy (non-hydrogen) atoms. The topological polar surface area (TPSA) is 0 Å². The van der Waals surface area contributed by atoms with Gasteiger partial charge >= 0.3 is 0 Å². The quantitative estimate of drug-likeness (QED) is 0.535. The number of hydrogen-bond donors (Lipinski definition) is 0. The van der Waals surface area contributed by atoms with E-state index < -0.39 is 0 Å². The third-order valence-corrected chi connectivity index (χ3v) is 2.12. The second-order valence-corrected chi connectivity index (χ2v) is 3.41. The second kappa shape index (κ2) is 5.17. The lowest BCUT2D eigenvalue weighted by Crippen LogP contribution is -1.88. The fraction of sp³-hybridized carbons (Fsp3) is 0.636. The Hall–Kier alpha value is -0.520. The Morgan fingerprint density at radius 1 is 1.45 bits per heavy atom. The summed E-state index contributed by atoms with van der Waals surface area (Å²) in [6.45, 7) is 12.7. The molecule has 0 spiro atoms. The molecule has 64 valence electrons. The molecule has 0 heterocycles. The average Bonchev–Trinajstić information content (AvgIpc) is 1.99. The minimum atomic E-state index is 0.680. The Labute approximate surface area is 71.0 Å². The summed E-state index contributed by atoms with van der Waals surface area (Å²) in [5.74, 6) is 0.680. The van der Waals surface area contributed by atoms with Crippen molar-refractivity contribution in [3.05, 3.63) is 23.8 Å². The molecule has 0 aromatic carbocycles. The van der Waals surface area contributed by atoms with E-state index in [1.165, 1.54) is 11.1 Å². The minimum absolute atomic E-state index is 0.680. The van der Waals surface area contributed by atoms with Crippen LogP contribution in [0.1, 0.15) is 40.5 Å². The summed E-state index contributed by atoms with van der Waals surface area (Å²) in [5, 5.41) is 0. The normalized spacial score (nSPS) is 12.3. The molecule has 0 N–H and O–H groups in total. The van der Waals surface area contributed by atoms with Crippen molar-refractivity contribution >= 4 is 0 Å². The van der Waals surface area contributed by atoms with E-state index in [0.717, 1.165) is 12.8 Å². The molecule has 0 bridgehead atoms. The smallest absolute Gasteiger partial charge is 0.0139 e. The molecule has 0 unspecified atom stereocenters. The number of allylic oxidation sites excluding steroid dienone is 3. The van der Waals surface area contributed by atoms with Crippen LogP contribution in [0.4, 0.5) is 0 Å². The van der Waals surface area contributed by atoms with Crippen LogP contribution in [-0.2, 0) is 0 Å². The summed E-state index contributed by atoms with van der Waals surface area (Å²) < 4.78 is 0. The molecule has 0 saturated carbocycles. The lowest BCUT2D eigenvalue weighted by atomic mass is 10.0. The van der Waals surface area contributed by atoms with E-state index in [0.29, 0.717) is 5.92 Å². The van der Waals surface area contributed by atoms with Gasteiger partial charge in [0.2, 0.25) is 0 Å². The largest absolute Gasteiger partial charge is 0.0996 e. The van der Waals surface area contributed by atoms with Crippen LogP contribution in [0.2, 0.25) is 0 Å². The van der Waals surface area contributed by atoms with E-state index in [4.69, 9.17) is 0 Å². The van der Waals surface area contributed by atoms with Gasteiger partial charge in [-0.05, 0) is 25.7 Å². The lowest BCUT2D eigenvalue weighted by molar-refractivity contribution is 0.763. The van der Waals surface area contributed by atoms with Gasteiger partial charge < -0.3 is 0 Å². The average molecular weight is 152 g/mol. The van der Waals surface area contributed by atoms with Gasteiger partial charge in [-0.3, -0.25) is 0 Å². The van der Waals surface area contributed by atoms with Gasteiger partial charge in [-0.15, -0.1) is 0 Å². The second-order valence-electron chi connectivity index (χ2n) is 3.41. The van der Waals surface area contributed by atoms with Crippen molar-refractivity contribution in [2.45, 2.75) is 40.5 Å². The van der Waals surface area contributed by atoms with Crippen LogP contribution in [-0.4, -0.2) is 0 Å². The molecule has 0 aliphatic heterocycles. The Kier molecular flexibility index (Phi) is 4.93. The zero-order chi connectivity index (χ0) is 8.85. The Morgan fingerprint density at radius 2 is 2.00 bits per heavy atom. The van der Waals surface area contributed by atoms with Crippen LogP contribution in [0.3, 0.4) is 0 Å². The van der Waals surface area contributed by atoms with Crippen LogP contribution >= 0.6 is 0 Å². The van der Waals surface area contributed by atoms with Crippen molar-refractivity contribution in [2.24, 2.45) is 5.92 Å². The van der Waals surface area contributed by atoms with E-state index in [9.17, 15) is 0 Å². The van der Waals surface area contributed by atoms with Crippen molar-refractivity contribution < 1.29 is 0 Å². The molecule has 0 rings (SSSR count). The van der Waals surface area contributed by atoms with Crippen molar-refractivity contribution in [1.82, 2.24) is 0 Å². The van der Waals surface area contributed by atoms with Gasteiger partial charge in [0.05, 0.1) is 0 Å². The van der Waals surface area contributed by atoms with Crippen LogP contribution in [0.5, 0.6) is 0 Å². The van der Waals surface area contributed by atoms with Crippen LogP contribution < -0.4 is 0 Å². The molecule has 0 radical (unpaired) electrons. The summed E-state index contributed by atoms with van der Waals surface area (Å²) in [5.41, 5.74) is 2.80. The third-order valence-electron chi connectivity index (χ3n) is 2.12. The van der Waals surface area contributed by atoms with Gasteiger partial charge in [0, 0.05) is 0 Å². The van der Waals surface area contributed by atoms with Crippen molar-refractivity contribution in [3.63, 3.8) is 0 Å². The fourth-order valence-electron chi connectivity index (χ4n) is 0.685. The first-order valence-electron chi connectivity index (χ1n) is 4.41. The first-order valence-corrected chi connectivity index (χ1v) is 4.41. The Balaban J connectivity index is 3.82. The zero-order valence-electron chi connectivity index (χ0n) is 8.28. The van der Waals surface area contributed by atoms with E-state index in [2.05, 4.69) is 40.3 Å². The van der Waals surface area contributed by atoms with Gasteiger partial charge in [0.25, 0.3) is 0 Å². The number of hydrogen-bond acceptors (Lipinski definition) is 0. The molecule has 0 aromatic rings. The molecule has 0 fully saturated rings. The first kappa shape index (κ1) is 10.5. The van der Waals surface area contributed by atoms with Gasteiger partial charge in [0.1, 0.15) is 0 Å². The lowest BCUT2D eigenvalue weighted by Gasteiger charge is -2.04. The van der Waals surface area contributed by atoms with Gasteiger partial charge in [-0.2, -0.15) is 0 Å². The van der Waals surface area contributed by atoms with E-state index in [1.807, 2.05) is 0 Å². The third kappa shape index (κ3) is 4.83. The summed E-state index contributed by atoms with van der Waals surface area (Å²) >= 11 is 0. The first-order chi connectivity index (χ1) is 5.07. The highest BCUT2D eigenvalue weighted by Crippen LogP contribution is 2.12. The molecule has 0 aromatic heterocycles. The van der Waals surface area contributed by atoms with Crippen molar-refractivity contribution in [2.75, 3.05) is 0 Å². The summed E-state index contributed by atoms with van der Waals surface area (Å²) in [7, 11) is 0. The summed E-state index contributed by atoms with van der Waals surface area (Å²) in [6, 6.07) is 0. The molecular weight excluding hydrogens is 132 g/mol. The summed E-state index contributed by atoms with van der Waals surface area (Å²) in [6.07, 6.45) is 4.44. The monoisotopic (exact) mass is 152 g/mol. The maximum atomic E-state index is 3.96. The number of rotatable bonds is 4. The fourth-order valence-corrected chi connectivity index (χ4v) is 0.685. The van der Waals surface area contributed by atoms with Crippen molar-refractivity contribution in [1.29, 1.82) is 0 Å². The zero-order valence-corrected chi connectivity index (χ0v) is 8.28. The Morgan fingerprint density at radius 3 is 2.36 bits per heavy atom. The van der Waals surface area contributed by atoms with E-state index in [-0.39, 0.29) is 0 Å². The molecule has 0 saturated heterocycles. The van der Waals surface area contributed by atoms with Crippen LogP contribution in [0, 0.1) is 5.92 Å². The van der Waals surface area contributed by atoms with Gasteiger partial charge in [0.15, 0.2) is 0 Å². The van der Waals surface area contributed by atoms with Crippen molar-refractivity contribution in [3.8, 4) is 0 Å². The van der Waals surface area contributed by atoms with E-state index >= 15 is 0 Å². The molecule has 0 atom stereocenters. The highest BCUT2D eigenvalue weighted by molar-refractivity contribution is 5.08. The molecular formula is C11H20. The summed E-state index contributed by atoms with van der Waals surface area (Å²) in [4.78, 5) is 0. The maximum absolute atomic E-state index is 3.96. The van der Waals surface area contributed by atoms with Crippen LogP contribution in [0.25, 0.3) is 0 Å².